The van der Waals surface area contributed by atoms with Crippen LogP contribution in [0, 0.1) is 0 Å². The summed E-state index contributed by atoms with van der Waals surface area (Å²) in [6, 6.07) is 16.4. The molecule has 0 atom stereocenters. The number of hydrogen-bond donors (Lipinski definition) is 1. The fourth-order valence-electron chi connectivity index (χ4n) is 3.52. The molecular weight excluding hydrogens is 374 g/mol. The Morgan fingerprint density at radius 1 is 0.967 bits per heavy atom. The number of benzene rings is 2. The van der Waals surface area contributed by atoms with Gasteiger partial charge in [0.2, 0.25) is 5.91 Å². The van der Waals surface area contributed by atoms with Crippen molar-refractivity contribution in [1.29, 1.82) is 0 Å². The summed E-state index contributed by atoms with van der Waals surface area (Å²) < 4.78 is 5.78. The van der Waals surface area contributed by atoms with E-state index in [-0.39, 0.29) is 11.3 Å². The number of nitrogens with one attached hydrogen (secondary N) is 1. The van der Waals surface area contributed by atoms with Gasteiger partial charge in [-0.1, -0.05) is 32.9 Å². The zero-order valence-corrected chi connectivity index (χ0v) is 18.8. The van der Waals surface area contributed by atoms with E-state index in [0.29, 0.717) is 19.4 Å². The number of hydrogen-bond acceptors (Lipinski definition) is 4. The molecule has 3 rings (SSSR count). The van der Waals surface area contributed by atoms with E-state index in [4.69, 9.17) is 4.74 Å². The lowest BCUT2D eigenvalue weighted by molar-refractivity contribution is -0.116. The zero-order valence-electron chi connectivity index (χ0n) is 18.8. The number of ether oxygens (including phenoxy) is 1. The molecule has 0 aromatic heterocycles. The Hall–Kier alpha value is -2.53. The first-order chi connectivity index (χ1) is 14.3. The molecule has 0 aliphatic carbocycles. The van der Waals surface area contributed by atoms with Gasteiger partial charge in [0.15, 0.2) is 0 Å². The van der Waals surface area contributed by atoms with Crippen LogP contribution in [0.1, 0.15) is 39.2 Å². The lowest BCUT2D eigenvalue weighted by Gasteiger charge is -2.34. The standard InChI is InChI=1S/C25H35N3O2/c1-25(2,3)20-7-13-23(14-8-20)30-19-5-6-24(29)26-21-9-11-22(12-10-21)28-17-15-27(4)16-18-28/h7-14H,5-6,15-19H2,1-4H3,(H,26,29). The molecule has 1 aliphatic rings. The number of likely N-dealkylation sites (N-methyl/N-ethyl adjacent to an activating group) is 1. The van der Waals surface area contributed by atoms with E-state index < -0.39 is 0 Å². The van der Waals surface area contributed by atoms with Crippen LogP contribution in [0.4, 0.5) is 11.4 Å². The highest BCUT2D eigenvalue weighted by Crippen LogP contribution is 2.24. The Balaban J connectivity index is 1.37. The third-order valence-corrected chi connectivity index (χ3v) is 5.56. The Bertz CT molecular complexity index is 802. The lowest BCUT2D eigenvalue weighted by Crippen LogP contribution is -2.44. The SMILES string of the molecule is CN1CCN(c2ccc(NC(=O)CCCOc3ccc(C(C)(C)C)cc3)cc2)CC1. The fourth-order valence-corrected chi connectivity index (χ4v) is 3.52. The minimum Gasteiger partial charge on any atom is -0.494 e. The van der Waals surface area contributed by atoms with Crippen molar-refractivity contribution in [3.63, 3.8) is 0 Å². The molecule has 5 heteroatoms. The van der Waals surface area contributed by atoms with Gasteiger partial charge >= 0.3 is 0 Å². The van der Waals surface area contributed by atoms with Crippen molar-refractivity contribution in [1.82, 2.24) is 4.90 Å². The van der Waals surface area contributed by atoms with E-state index in [2.05, 4.69) is 67.2 Å². The highest BCUT2D eigenvalue weighted by atomic mass is 16.5. The highest BCUT2D eigenvalue weighted by Gasteiger charge is 2.14. The molecule has 2 aromatic carbocycles. The van der Waals surface area contributed by atoms with Gasteiger partial charge in [-0.15, -0.1) is 0 Å². The minimum absolute atomic E-state index is 0.0222. The second-order valence-corrected chi connectivity index (χ2v) is 9.11. The second kappa shape index (κ2) is 9.98. The summed E-state index contributed by atoms with van der Waals surface area (Å²) in [5.41, 5.74) is 3.48. The summed E-state index contributed by atoms with van der Waals surface area (Å²) in [5, 5.41) is 2.98. The third kappa shape index (κ3) is 6.49. The maximum Gasteiger partial charge on any atom is 0.224 e. The summed E-state index contributed by atoms with van der Waals surface area (Å²) in [5.74, 6) is 0.872. The Kier molecular flexibility index (Phi) is 7.38. The smallest absolute Gasteiger partial charge is 0.224 e. The molecule has 1 aliphatic heterocycles. The molecule has 1 fully saturated rings. The van der Waals surface area contributed by atoms with Crippen LogP contribution in [0.3, 0.4) is 0 Å². The quantitative estimate of drug-likeness (QED) is 0.682. The van der Waals surface area contributed by atoms with Crippen molar-refractivity contribution in [2.75, 3.05) is 50.1 Å². The van der Waals surface area contributed by atoms with Gasteiger partial charge in [0.25, 0.3) is 0 Å². The predicted molar refractivity (Wildman–Crippen MR) is 125 cm³/mol. The molecule has 30 heavy (non-hydrogen) atoms. The molecule has 0 unspecified atom stereocenters. The van der Waals surface area contributed by atoms with E-state index in [1.54, 1.807) is 0 Å². The fraction of sp³-hybridized carbons (Fsp3) is 0.480. The zero-order chi connectivity index (χ0) is 21.6. The monoisotopic (exact) mass is 409 g/mol. The van der Waals surface area contributed by atoms with Gasteiger partial charge in [-0.3, -0.25) is 4.79 Å². The molecule has 0 saturated carbocycles. The van der Waals surface area contributed by atoms with Crippen LogP contribution in [-0.4, -0.2) is 50.6 Å². The van der Waals surface area contributed by atoms with Crippen molar-refractivity contribution in [3.05, 3.63) is 54.1 Å². The predicted octanol–water partition coefficient (Wildman–Crippen LogP) is 4.53. The number of carbonyl (C=O) groups is 1. The average Bonchev–Trinajstić information content (AvgIpc) is 2.72. The number of amides is 1. The Morgan fingerprint density at radius 3 is 2.20 bits per heavy atom. The number of carbonyl (C=O) groups excluding carboxylic acids is 1. The molecule has 0 bridgehead atoms. The van der Waals surface area contributed by atoms with Crippen molar-refractivity contribution in [2.24, 2.45) is 0 Å². The maximum absolute atomic E-state index is 12.2. The summed E-state index contributed by atoms with van der Waals surface area (Å²) in [6.45, 7) is 11.4. The largest absolute Gasteiger partial charge is 0.494 e. The molecule has 1 heterocycles. The first kappa shape index (κ1) is 22.2. The lowest BCUT2D eigenvalue weighted by atomic mass is 9.87. The van der Waals surface area contributed by atoms with Crippen LogP contribution in [0.2, 0.25) is 0 Å². The van der Waals surface area contributed by atoms with Crippen LogP contribution in [0.5, 0.6) is 5.75 Å². The summed E-state index contributed by atoms with van der Waals surface area (Å²) in [6.07, 6.45) is 1.13. The number of nitrogens with zero attached hydrogens (tertiary/aromatic N) is 2. The Morgan fingerprint density at radius 2 is 1.60 bits per heavy atom. The first-order valence-electron chi connectivity index (χ1n) is 10.9. The molecule has 5 nitrogen and oxygen atoms in total. The van der Waals surface area contributed by atoms with Crippen LogP contribution in [0.25, 0.3) is 0 Å². The van der Waals surface area contributed by atoms with Crippen molar-refractivity contribution < 1.29 is 9.53 Å². The average molecular weight is 410 g/mol. The molecular formula is C25H35N3O2. The third-order valence-electron chi connectivity index (χ3n) is 5.56. The van der Waals surface area contributed by atoms with Crippen LogP contribution >= 0.6 is 0 Å². The first-order valence-corrected chi connectivity index (χ1v) is 10.9. The van der Waals surface area contributed by atoms with Crippen LogP contribution < -0.4 is 15.0 Å². The summed E-state index contributed by atoms with van der Waals surface area (Å²) in [4.78, 5) is 16.9. The van der Waals surface area contributed by atoms with Gasteiger partial charge in [0.1, 0.15) is 5.75 Å². The topological polar surface area (TPSA) is 44.8 Å². The molecule has 1 amide bonds. The van der Waals surface area contributed by atoms with Gasteiger partial charge in [0.05, 0.1) is 6.61 Å². The molecule has 1 N–H and O–H groups in total. The molecule has 0 spiro atoms. The van der Waals surface area contributed by atoms with Gasteiger partial charge in [0, 0.05) is 44.0 Å². The molecule has 1 saturated heterocycles. The second-order valence-electron chi connectivity index (χ2n) is 9.11. The van der Waals surface area contributed by atoms with E-state index >= 15 is 0 Å². The van der Waals surface area contributed by atoms with E-state index in [1.807, 2.05) is 24.3 Å². The summed E-state index contributed by atoms with van der Waals surface area (Å²) in [7, 11) is 2.16. The molecule has 0 radical (unpaired) electrons. The summed E-state index contributed by atoms with van der Waals surface area (Å²) >= 11 is 0. The van der Waals surface area contributed by atoms with E-state index in [1.165, 1.54) is 11.3 Å². The van der Waals surface area contributed by atoms with Gasteiger partial charge in [-0.05, 0) is 60.8 Å². The van der Waals surface area contributed by atoms with Gasteiger partial charge in [-0.2, -0.15) is 0 Å². The van der Waals surface area contributed by atoms with Crippen LogP contribution in [-0.2, 0) is 10.2 Å². The van der Waals surface area contributed by atoms with Gasteiger partial charge < -0.3 is 19.9 Å². The van der Waals surface area contributed by atoms with E-state index in [0.717, 1.165) is 37.6 Å². The molecule has 2 aromatic rings. The van der Waals surface area contributed by atoms with Gasteiger partial charge in [-0.25, -0.2) is 0 Å². The number of anilines is 2. The highest BCUT2D eigenvalue weighted by molar-refractivity contribution is 5.90. The van der Waals surface area contributed by atoms with E-state index in [9.17, 15) is 4.79 Å². The van der Waals surface area contributed by atoms with Crippen molar-refractivity contribution in [2.45, 2.75) is 39.0 Å². The minimum atomic E-state index is 0.0222. The van der Waals surface area contributed by atoms with Crippen molar-refractivity contribution >= 4 is 17.3 Å². The normalized spacial score (nSPS) is 15.1. The number of rotatable bonds is 7. The Labute approximate surface area is 181 Å². The maximum atomic E-state index is 12.2. The number of piperazine rings is 1. The van der Waals surface area contributed by atoms with Crippen molar-refractivity contribution in [3.8, 4) is 5.75 Å². The molecule has 162 valence electrons. The van der Waals surface area contributed by atoms with Crippen LogP contribution in [0.15, 0.2) is 48.5 Å².